The Morgan fingerprint density at radius 3 is 2.72 bits per heavy atom. The van der Waals surface area contributed by atoms with Crippen LogP contribution in [0.3, 0.4) is 0 Å². The molecule has 0 aliphatic rings. The van der Waals surface area contributed by atoms with E-state index in [-0.39, 0.29) is 10.8 Å². The molecule has 0 amide bonds. The van der Waals surface area contributed by atoms with Crippen LogP contribution in [-0.2, 0) is 15.8 Å². The van der Waals surface area contributed by atoms with Crippen LogP contribution < -0.4 is 10.5 Å². The summed E-state index contributed by atoms with van der Waals surface area (Å²) in [7, 11) is -3.95. The zero-order valence-electron chi connectivity index (χ0n) is 15.0. The van der Waals surface area contributed by atoms with Crippen LogP contribution in [0.1, 0.15) is 5.56 Å². The Morgan fingerprint density at radius 1 is 1.10 bits per heavy atom. The monoisotopic (exact) mass is 445 g/mol. The van der Waals surface area contributed by atoms with Crippen molar-refractivity contribution in [1.82, 2.24) is 4.98 Å². The third-order valence-corrected chi connectivity index (χ3v) is 6.56. The molecule has 0 spiro atoms. The number of nitrogens with two attached hydrogens (primary N) is 1. The Labute approximate surface area is 177 Å². The summed E-state index contributed by atoms with van der Waals surface area (Å²) in [4.78, 5) is 4.28. The lowest BCUT2D eigenvalue weighted by molar-refractivity contribution is 0.484. The van der Waals surface area contributed by atoms with Crippen molar-refractivity contribution in [3.05, 3.63) is 77.4 Å². The number of fused-ring (bicyclic) bond motifs is 1. The van der Waals surface area contributed by atoms with Crippen LogP contribution in [0.5, 0.6) is 0 Å². The maximum absolute atomic E-state index is 12.9. The van der Waals surface area contributed by atoms with Gasteiger partial charge in [-0.2, -0.15) is 8.42 Å². The van der Waals surface area contributed by atoms with E-state index in [0.29, 0.717) is 32.5 Å². The van der Waals surface area contributed by atoms with Gasteiger partial charge in [0.2, 0.25) is 5.09 Å². The number of thioether (sulfide) groups is 1. The molecule has 0 unspecified atom stereocenters. The minimum absolute atomic E-state index is 0.176. The summed E-state index contributed by atoms with van der Waals surface area (Å²) in [6.45, 7) is 0. The van der Waals surface area contributed by atoms with Crippen LogP contribution in [0.4, 0.5) is 11.4 Å². The summed E-state index contributed by atoms with van der Waals surface area (Å²) in [5.41, 5.74) is 8.25. The number of pyridine rings is 1. The van der Waals surface area contributed by atoms with Crippen LogP contribution in [-0.4, -0.2) is 13.4 Å². The van der Waals surface area contributed by atoms with E-state index < -0.39 is 10.0 Å². The second kappa shape index (κ2) is 7.98. The lowest BCUT2D eigenvalue weighted by atomic mass is 10.2. The number of aromatic nitrogens is 1. The van der Waals surface area contributed by atoms with Gasteiger partial charge in [-0.3, -0.25) is 4.72 Å². The molecule has 0 fully saturated rings. The molecule has 0 bridgehead atoms. The smallest absolute Gasteiger partial charge is 0.295 e. The fourth-order valence-corrected chi connectivity index (χ4v) is 4.86. The number of halogens is 1. The number of hydrogen-bond donors (Lipinski definition) is 2. The number of sulfonamides is 1. The number of furan rings is 1. The van der Waals surface area contributed by atoms with Gasteiger partial charge >= 0.3 is 0 Å². The first-order valence-corrected chi connectivity index (χ1v) is 11.4. The van der Waals surface area contributed by atoms with Gasteiger partial charge in [0.15, 0.2) is 0 Å². The van der Waals surface area contributed by atoms with Crippen LogP contribution in [0, 0.1) is 0 Å². The van der Waals surface area contributed by atoms with Crippen molar-refractivity contribution < 1.29 is 12.8 Å². The summed E-state index contributed by atoms with van der Waals surface area (Å²) in [6, 6.07) is 17.6. The summed E-state index contributed by atoms with van der Waals surface area (Å²) < 4.78 is 33.7. The number of anilines is 2. The highest BCUT2D eigenvalue weighted by atomic mass is 35.5. The second-order valence-electron chi connectivity index (χ2n) is 6.25. The lowest BCUT2D eigenvalue weighted by Gasteiger charge is -2.11. The first-order chi connectivity index (χ1) is 13.9. The average Bonchev–Trinajstić information content (AvgIpc) is 3.12. The SMILES string of the molecule is Nc1cccc(CSc2ncc(Cl)cc2NS(=O)(=O)c2cc3ccccc3o2)c1. The zero-order valence-corrected chi connectivity index (χ0v) is 17.4. The predicted molar refractivity (Wildman–Crippen MR) is 117 cm³/mol. The van der Waals surface area contributed by atoms with Gasteiger partial charge in [-0.05, 0) is 29.8 Å². The fourth-order valence-electron chi connectivity index (χ4n) is 2.73. The number of rotatable bonds is 6. The van der Waals surface area contributed by atoms with E-state index in [1.54, 1.807) is 18.2 Å². The quantitative estimate of drug-likeness (QED) is 0.314. The van der Waals surface area contributed by atoms with Crippen LogP contribution in [0.25, 0.3) is 11.0 Å². The van der Waals surface area contributed by atoms with Gasteiger partial charge in [0.25, 0.3) is 10.0 Å². The van der Waals surface area contributed by atoms with E-state index in [4.69, 9.17) is 21.8 Å². The van der Waals surface area contributed by atoms with Crippen LogP contribution >= 0.6 is 23.4 Å². The van der Waals surface area contributed by atoms with Gasteiger partial charge in [-0.1, -0.05) is 53.7 Å². The molecule has 0 atom stereocenters. The number of nitrogen functional groups attached to an aromatic ring is 1. The van der Waals surface area contributed by atoms with Gasteiger partial charge in [-0.15, -0.1) is 0 Å². The molecule has 0 radical (unpaired) electrons. The molecule has 6 nitrogen and oxygen atoms in total. The van der Waals surface area contributed by atoms with Crippen molar-refractivity contribution in [3.63, 3.8) is 0 Å². The number of hydrogen-bond acceptors (Lipinski definition) is 6. The van der Waals surface area contributed by atoms with E-state index in [1.165, 1.54) is 30.1 Å². The number of nitrogens with zero attached hydrogens (tertiary/aromatic N) is 1. The van der Waals surface area contributed by atoms with Gasteiger partial charge < -0.3 is 10.2 Å². The standard InChI is InChI=1S/C20H16ClN3O3S2/c21-15-10-17(20(23-11-15)28-12-13-4-3-6-16(22)8-13)24-29(25,26)19-9-14-5-1-2-7-18(14)27-19/h1-11,24H,12,22H2. The van der Waals surface area contributed by atoms with E-state index in [1.807, 2.05) is 30.3 Å². The maximum atomic E-state index is 12.9. The molecule has 2 heterocycles. The Hall–Kier alpha value is -2.68. The third kappa shape index (κ3) is 4.50. The van der Waals surface area contributed by atoms with Crippen molar-refractivity contribution >= 4 is 55.7 Å². The van der Waals surface area contributed by atoms with E-state index in [0.717, 1.165) is 5.56 Å². The van der Waals surface area contributed by atoms with Crippen molar-refractivity contribution in [3.8, 4) is 0 Å². The highest BCUT2D eigenvalue weighted by Crippen LogP contribution is 2.32. The largest absolute Gasteiger partial charge is 0.443 e. The Morgan fingerprint density at radius 2 is 1.93 bits per heavy atom. The third-order valence-electron chi connectivity index (χ3n) is 4.06. The molecule has 148 valence electrons. The normalized spacial score (nSPS) is 11.6. The van der Waals surface area contributed by atoms with E-state index in [9.17, 15) is 8.42 Å². The fraction of sp³-hybridized carbons (Fsp3) is 0.0500. The summed E-state index contributed by atoms with van der Waals surface area (Å²) >= 11 is 7.42. The molecule has 0 aliphatic carbocycles. The van der Waals surface area contributed by atoms with E-state index in [2.05, 4.69) is 9.71 Å². The van der Waals surface area contributed by atoms with Gasteiger partial charge in [0.05, 0.1) is 10.7 Å². The van der Waals surface area contributed by atoms with Crippen molar-refractivity contribution in [2.75, 3.05) is 10.5 Å². The summed E-state index contributed by atoms with van der Waals surface area (Å²) in [6.07, 6.45) is 1.47. The molecule has 2 aromatic carbocycles. The molecule has 4 rings (SSSR count). The molecular formula is C20H16ClN3O3S2. The molecule has 29 heavy (non-hydrogen) atoms. The average molecular weight is 446 g/mol. The highest BCUT2D eigenvalue weighted by molar-refractivity contribution is 7.98. The highest BCUT2D eigenvalue weighted by Gasteiger charge is 2.22. The molecule has 0 saturated carbocycles. The van der Waals surface area contributed by atoms with Crippen molar-refractivity contribution in [1.29, 1.82) is 0 Å². The van der Waals surface area contributed by atoms with Gasteiger partial charge in [-0.25, -0.2) is 4.98 Å². The Kier molecular flexibility index (Phi) is 5.40. The summed E-state index contributed by atoms with van der Waals surface area (Å²) in [5, 5.41) is 1.34. The number of para-hydroxylation sites is 1. The first kappa shape index (κ1) is 19.6. The lowest BCUT2D eigenvalue weighted by Crippen LogP contribution is -2.13. The molecular weight excluding hydrogens is 430 g/mol. The number of benzene rings is 2. The Bertz CT molecular complexity index is 1260. The van der Waals surface area contributed by atoms with Crippen molar-refractivity contribution in [2.45, 2.75) is 15.9 Å². The maximum Gasteiger partial charge on any atom is 0.295 e. The molecule has 3 N–H and O–H groups in total. The number of nitrogens with one attached hydrogen (secondary N) is 1. The molecule has 0 saturated heterocycles. The minimum atomic E-state index is -3.95. The van der Waals surface area contributed by atoms with Gasteiger partial charge in [0.1, 0.15) is 10.6 Å². The van der Waals surface area contributed by atoms with Crippen molar-refractivity contribution in [2.24, 2.45) is 0 Å². The zero-order chi connectivity index (χ0) is 20.4. The predicted octanol–water partition coefficient (Wildman–Crippen LogP) is 5.16. The summed E-state index contributed by atoms with van der Waals surface area (Å²) in [5.74, 6) is 0.568. The topological polar surface area (TPSA) is 98.2 Å². The molecule has 9 heteroatoms. The first-order valence-electron chi connectivity index (χ1n) is 8.55. The van der Waals surface area contributed by atoms with Crippen LogP contribution in [0.2, 0.25) is 5.02 Å². The molecule has 2 aromatic heterocycles. The molecule has 0 aliphatic heterocycles. The second-order valence-corrected chi connectivity index (χ2v) is 9.26. The molecule has 4 aromatic rings. The Balaban J connectivity index is 1.61. The van der Waals surface area contributed by atoms with E-state index >= 15 is 0 Å². The van der Waals surface area contributed by atoms with Crippen LogP contribution in [0.15, 0.2) is 81.4 Å². The minimum Gasteiger partial charge on any atom is -0.443 e. The van der Waals surface area contributed by atoms with Gasteiger partial charge in [0, 0.05) is 29.1 Å².